The summed E-state index contributed by atoms with van der Waals surface area (Å²) in [5.74, 6) is 0. The lowest BCUT2D eigenvalue weighted by Crippen LogP contribution is -2.38. The molecule has 0 aliphatic carbocycles. The summed E-state index contributed by atoms with van der Waals surface area (Å²) in [7, 11) is 0. The lowest BCUT2D eigenvalue weighted by molar-refractivity contribution is 0.200. The van der Waals surface area contributed by atoms with E-state index in [1.807, 2.05) is 17.0 Å². The Bertz CT molecular complexity index is 422. The van der Waals surface area contributed by atoms with Gasteiger partial charge in [0, 0.05) is 31.4 Å². The van der Waals surface area contributed by atoms with Crippen molar-refractivity contribution < 1.29 is 4.79 Å². The summed E-state index contributed by atoms with van der Waals surface area (Å²) < 4.78 is 0. The van der Waals surface area contributed by atoms with Crippen molar-refractivity contribution in [1.29, 1.82) is 0 Å². The molecule has 1 fully saturated rings. The second kappa shape index (κ2) is 7.29. The molecule has 20 heavy (non-hydrogen) atoms. The minimum Gasteiger partial charge on any atom is -0.325 e. The molecule has 1 aromatic carbocycles. The van der Waals surface area contributed by atoms with Crippen molar-refractivity contribution in [2.24, 2.45) is 0 Å². The molecule has 0 saturated carbocycles. The molecular weight excluding hydrogens is 250 g/mol. The van der Waals surface area contributed by atoms with Gasteiger partial charge in [-0.05, 0) is 37.0 Å². The second-order valence-electron chi connectivity index (χ2n) is 5.71. The van der Waals surface area contributed by atoms with E-state index in [4.69, 9.17) is 0 Å². The molecular formula is C16H25N3O. The van der Waals surface area contributed by atoms with E-state index in [2.05, 4.69) is 36.6 Å². The van der Waals surface area contributed by atoms with E-state index in [0.717, 1.165) is 38.2 Å². The van der Waals surface area contributed by atoms with E-state index in [0.29, 0.717) is 6.04 Å². The van der Waals surface area contributed by atoms with Crippen LogP contribution in [0.5, 0.6) is 0 Å². The van der Waals surface area contributed by atoms with E-state index in [1.165, 1.54) is 12.0 Å². The van der Waals surface area contributed by atoms with Gasteiger partial charge in [0.1, 0.15) is 0 Å². The number of carbonyl (C=O) groups excluding carboxylic acids is 1. The normalized spacial score (nSPS) is 15.4. The fourth-order valence-corrected chi connectivity index (χ4v) is 2.33. The highest BCUT2D eigenvalue weighted by molar-refractivity contribution is 5.89. The van der Waals surface area contributed by atoms with Crippen LogP contribution in [0.2, 0.25) is 0 Å². The Morgan fingerprint density at radius 1 is 1.15 bits per heavy atom. The summed E-state index contributed by atoms with van der Waals surface area (Å²) in [5.41, 5.74) is 2.10. The standard InChI is InChI=1S/C16H25N3O/c1-13(2)17-12-14-6-8-15(9-7-14)18-16(20)19-10-4-3-5-11-19/h6-9,13,17H,3-5,10-12H2,1-2H3,(H,18,20). The van der Waals surface area contributed by atoms with Crippen LogP contribution < -0.4 is 10.6 Å². The molecule has 0 radical (unpaired) electrons. The maximum absolute atomic E-state index is 12.1. The van der Waals surface area contributed by atoms with Gasteiger partial charge in [0.25, 0.3) is 0 Å². The Morgan fingerprint density at radius 2 is 1.80 bits per heavy atom. The first-order valence-corrected chi connectivity index (χ1v) is 7.53. The van der Waals surface area contributed by atoms with Crippen molar-refractivity contribution >= 4 is 11.7 Å². The number of likely N-dealkylation sites (tertiary alicyclic amines) is 1. The number of carbonyl (C=O) groups is 1. The average Bonchev–Trinajstić information content (AvgIpc) is 2.47. The monoisotopic (exact) mass is 275 g/mol. The number of urea groups is 1. The number of anilines is 1. The Labute approximate surface area is 121 Å². The Hall–Kier alpha value is -1.55. The molecule has 0 spiro atoms. The number of piperidine rings is 1. The minimum absolute atomic E-state index is 0.0257. The van der Waals surface area contributed by atoms with E-state index < -0.39 is 0 Å². The van der Waals surface area contributed by atoms with Crippen LogP contribution in [0.25, 0.3) is 0 Å². The van der Waals surface area contributed by atoms with Gasteiger partial charge in [-0.25, -0.2) is 4.79 Å². The van der Waals surface area contributed by atoms with Crippen LogP contribution in [0.15, 0.2) is 24.3 Å². The highest BCUT2D eigenvalue weighted by Gasteiger charge is 2.16. The van der Waals surface area contributed by atoms with Gasteiger partial charge in [0.05, 0.1) is 0 Å². The van der Waals surface area contributed by atoms with Gasteiger partial charge in [-0.1, -0.05) is 26.0 Å². The Kier molecular flexibility index (Phi) is 5.41. The third-order valence-electron chi connectivity index (χ3n) is 3.56. The van der Waals surface area contributed by atoms with E-state index in [1.54, 1.807) is 0 Å². The van der Waals surface area contributed by atoms with Crippen LogP contribution in [-0.4, -0.2) is 30.1 Å². The van der Waals surface area contributed by atoms with E-state index >= 15 is 0 Å². The van der Waals surface area contributed by atoms with Gasteiger partial charge >= 0.3 is 6.03 Å². The zero-order valence-corrected chi connectivity index (χ0v) is 12.5. The van der Waals surface area contributed by atoms with E-state index in [9.17, 15) is 4.79 Å². The van der Waals surface area contributed by atoms with Crippen molar-refractivity contribution in [3.8, 4) is 0 Å². The molecule has 1 saturated heterocycles. The van der Waals surface area contributed by atoms with Crippen LogP contribution in [0.4, 0.5) is 10.5 Å². The highest BCUT2D eigenvalue weighted by atomic mass is 16.2. The maximum atomic E-state index is 12.1. The number of nitrogens with one attached hydrogen (secondary N) is 2. The zero-order chi connectivity index (χ0) is 14.4. The summed E-state index contributed by atoms with van der Waals surface area (Å²) >= 11 is 0. The molecule has 1 aliphatic rings. The summed E-state index contributed by atoms with van der Waals surface area (Å²) in [6.07, 6.45) is 3.47. The fourth-order valence-electron chi connectivity index (χ4n) is 2.33. The molecule has 0 unspecified atom stereocenters. The molecule has 0 atom stereocenters. The van der Waals surface area contributed by atoms with Crippen molar-refractivity contribution in [2.75, 3.05) is 18.4 Å². The predicted octanol–water partition coefficient (Wildman–Crippen LogP) is 3.20. The molecule has 0 aromatic heterocycles. The average molecular weight is 275 g/mol. The number of hydrogen-bond acceptors (Lipinski definition) is 2. The Balaban J connectivity index is 1.84. The van der Waals surface area contributed by atoms with Gasteiger partial charge in [0.15, 0.2) is 0 Å². The van der Waals surface area contributed by atoms with Gasteiger partial charge in [-0.15, -0.1) is 0 Å². The largest absolute Gasteiger partial charge is 0.325 e. The molecule has 2 N–H and O–H groups in total. The second-order valence-corrected chi connectivity index (χ2v) is 5.71. The molecule has 2 amide bonds. The van der Waals surface area contributed by atoms with E-state index in [-0.39, 0.29) is 6.03 Å². The van der Waals surface area contributed by atoms with Crippen LogP contribution in [-0.2, 0) is 6.54 Å². The molecule has 0 bridgehead atoms. The van der Waals surface area contributed by atoms with Crippen molar-refractivity contribution in [3.05, 3.63) is 29.8 Å². The molecule has 1 aliphatic heterocycles. The van der Waals surface area contributed by atoms with Crippen LogP contribution in [0.3, 0.4) is 0 Å². The topological polar surface area (TPSA) is 44.4 Å². The number of nitrogens with zero attached hydrogens (tertiary/aromatic N) is 1. The maximum Gasteiger partial charge on any atom is 0.321 e. The van der Waals surface area contributed by atoms with Gasteiger partial charge in [0.2, 0.25) is 0 Å². The molecule has 4 heteroatoms. The molecule has 110 valence electrons. The van der Waals surface area contributed by atoms with Crippen molar-refractivity contribution in [1.82, 2.24) is 10.2 Å². The SMILES string of the molecule is CC(C)NCc1ccc(NC(=O)N2CCCCC2)cc1. The lowest BCUT2D eigenvalue weighted by Gasteiger charge is -2.26. The summed E-state index contributed by atoms with van der Waals surface area (Å²) in [4.78, 5) is 14.0. The number of rotatable bonds is 4. The summed E-state index contributed by atoms with van der Waals surface area (Å²) in [6, 6.07) is 8.56. The van der Waals surface area contributed by atoms with Crippen LogP contribution in [0.1, 0.15) is 38.7 Å². The van der Waals surface area contributed by atoms with Gasteiger partial charge in [-0.2, -0.15) is 0 Å². The lowest BCUT2D eigenvalue weighted by atomic mass is 10.1. The van der Waals surface area contributed by atoms with Crippen LogP contribution >= 0.6 is 0 Å². The summed E-state index contributed by atoms with van der Waals surface area (Å²) in [6.45, 7) is 6.88. The number of benzene rings is 1. The van der Waals surface area contributed by atoms with Crippen molar-refractivity contribution in [3.63, 3.8) is 0 Å². The third kappa shape index (κ3) is 4.53. The number of amides is 2. The van der Waals surface area contributed by atoms with Crippen LogP contribution in [0, 0.1) is 0 Å². The smallest absolute Gasteiger partial charge is 0.321 e. The van der Waals surface area contributed by atoms with Gasteiger partial charge in [-0.3, -0.25) is 0 Å². The predicted molar refractivity (Wildman–Crippen MR) is 82.9 cm³/mol. The summed E-state index contributed by atoms with van der Waals surface area (Å²) in [5, 5.41) is 6.35. The Morgan fingerprint density at radius 3 is 2.40 bits per heavy atom. The molecule has 1 aromatic rings. The molecule has 1 heterocycles. The highest BCUT2D eigenvalue weighted by Crippen LogP contribution is 2.13. The molecule has 4 nitrogen and oxygen atoms in total. The number of hydrogen-bond donors (Lipinski definition) is 2. The van der Waals surface area contributed by atoms with Crippen molar-refractivity contribution in [2.45, 2.75) is 45.7 Å². The zero-order valence-electron chi connectivity index (χ0n) is 12.5. The molecule has 2 rings (SSSR count). The first kappa shape index (κ1) is 14.9. The van der Waals surface area contributed by atoms with Gasteiger partial charge < -0.3 is 15.5 Å². The fraction of sp³-hybridized carbons (Fsp3) is 0.562. The first-order chi connectivity index (χ1) is 9.65. The minimum atomic E-state index is 0.0257. The quantitative estimate of drug-likeness (QED) is 0.886. The third-order valence-corrected chi connectivity index (χ3v) is 3.56. The first-order valence-electron chi connectivity index (χ1n) is 7.53.